The Morgan fingerprint density at radius 1 is 1.02 bits per heavy atom. The van der Waals surface area contributed by atoms with Gasteiger partial charge in [-0.25, -0.2) is 4.79 Å². The Labute approximate surface area is 241 Å². The molecule has 3 N–H and O–H groups in total. The quantitative estimate of drug-likeness (QED) is 0.384. The van der Waals surface area contributed by atoms with Gasteiger partial charge in [-0.2, -0.15) is 0 Å². The van der Waals surface area contributed by atoms with Crippen molar-refractivity contribution >= 4 is 29.2 Å². The van der Waals surface area contributed by atoms with E-state index in [4.69, 9.17) is 4.74 Å². The van der Waals surface area contributed by atoms with Crippen molar-refractivity contribution in [2.45, 2.75) is 38.8 Å². The fourth-order valence-electron chi connectivity index (χ4n) is 4.80. The molecule has 216 valence electrons. The lowest BCUT2D eigenvalue weighted by molar-refractivity contribution is -0.134. The van der Waals surface area contributed by atoms with Gasteiger partial charge in [0.25, 0.3) is 0 Å². The van der Waals surface area contributed by atoms with Crippen LogP contribution >= 0.6 is 0 Å². The summed E-state index contributed by atoms with van der Waals surface area (Å²) in [5.41, 5.74) is 2.77. The number of urea groups is 1. The van der Waals surface area contributed by atoms with Crippen molar-refractivity contribution in [3.8, 4) is 5.75 Å². The van der Waals surface area contributed by atoms with Crippen LogP contribution in [0.1, 0.15) is 25.0 Å². The molecular formula is C32H38N4O5. The number of nitrogens with one attached hydrogen (secondary N) is 2. The van der Waals surface area contributed by atoms with E-state index in [1.54, 1.807) is 42.0 Å². The highest BCUT2D eigenvalue weighted by molar-refractivity contribution is 5.93. The Bertz CT molecular complexity index is 1330. The van der Waals surface area contributed by atoms with Crippen LogP contribution < -0.4 is 15.4 Å². The van der Waals surface area contributed by atoms with Crippen molar-refractivity contribution in [2.24, 2.45) is 5.92 Å². The molecule has 0 aromatic heterocycles. The van der Waals surface area contributed by atoms with Gasteiger partial charge in [0.2, 0.25) is 11.8 Å². The summed E-state index contributed by atoms with van der Waals surface area (Å²) in [6.07, 6.45) is -0.170. The number of para-hydroxylation sites is 1. The summed E-state index contributed by atoms with van der Waals surface area (Å²) in [7, 11) is 1.70. The molecule has 0 radical (unpaired) electrons. The van der Waals surface area contributed by atoms with Gasteiger partial charge >= 0.3 is 6.03 Å². The van der Waals surface area contributed by atoms with E-state index in [0.29, 0.717) is 29.2 Å². The maximum absolute atomic E-state index is 13.4. The molecule has 3 aromatic rings. The third kappa shape index (κ3) is 8.08. The van der Waals surface area contributed by atoms with Crippen molar-refractivity contribution in [1.82, 2.24) is 9.80 Å². The number of ether oxygens (including phenoxy) is 1. The predicted octanol–water partition coefficient (Wildman–Crippen LogP) is 4.18. The fourth-order valence-corrected chi connectivity index (χ4v) is 4.80. The average Bonchev–Trinajstić information content (AvgIpc) is 3.01. The van der Waals surface area contributed by atoms with Gasteiger partial charge in [0.1, 0.15) is 11.9 Å². The fraction of sp³-hybridized carbons (Fsp3) is 0.344. The average molecular weight is 559 g/mol. The number of carbonyl (C=O) groups excluding carboxylic acids is 3. The van der Waals surface area contributed by atoms with Gasteiger partial charge in [0.05, 0.1) is 32.0 Å². The Morgan fingerprint density at radius 2 is 1.71 bits per heavy atom. The van der Waals surface area contributed by atoms with Crippen LogP contribution in [-0.4, -0.2) is 71.6 Å². The molecule has 0 unspecified atom stereocenters. The molecule has 3 aromatic carbocycles. The number of benzene rings is 3. The van der Waals surface area contributed by atoms with Gasteiger partial charge < -0.3 is 30.3 Å². The van der Waals surface area contributed by atoms with Crippen LogP contribution in [0.4, 0.5) is 16.2 Å². The van der Waals surface area contributed by atoms with E-state index in [1.807, 2.05) is 67.6 Å². The van der Waals surface area contributed by atoms with E-state index in [2.05, 4.69) is 10.6 Å². The first kappa shape index (κ1) is 29.6. The zero-order valence-corrected chi connectivity index (χ0v) is 23.7. The summed E-state index contributed by atoms with van der Waals surface area (Å²) >= 11 is 0. The number of hydrogen-bond donors (Lipinski definition) is 3. The van der Waals surface area contributed by atoms with E-state index < -0.39 is 6.10 Å². The van der Waals surface area contributed by atoms with Crippen LogP contribution in [-0.2, 0) is 22.4 Å². The molecule has 0 aliphatic carbocycles. The van der Waals surface area contributed by atoms with E-state index in [-0.39, 0.29) is 55.8 Å². The minimum Gasteiger partial charge on any atom is -0.488 e. The van der Waals surface area contributed by atoms with Crippen LogP contribution in [0.3, 0.4) is 0 Å². The second kappa shape index (κ2) is 13.8. The third-order valence-electron chi connectivity index (χ3n) is 7.23. The molecule has 0 saturated heterocycles. The lowest BCUT2D eigenvalue weighted by Gasteiger charge is -2.34. The summed E-state index contributed by atoms with van der Waals surface area (Å²) < 4.78 is 6.49. The van der Waals surface area contributed by atoms with Crippen LogP contribution in [0.2, 0.25) is 0 Å². The predicted molar refractivity (Wildman–Crippen MR) is 159 cm³/mol. The molecule has 0 spiro atoms. The standard InChI is InChI=1S/C32H38N4O5/c1-22-19-36(23(2)21-37)31(39)18-25-17-27(33-30(38)16-24-10-6-4-7-11-24)14-15-28(25)41-29(22)20-35(3)32(40)34-26-12-8-5-9-13-26/h4-15,17,22-23,29,37H,16,18-21H2,1-3H3,(H,33,38)(H,34,40)/t22-,23-,29-/m1/s1. The van der Waals surface area contributed by atoms with Gasteiger partial charge in [-0.05, 0) is 42.8 Å². The third-order valence-corrected chi connectivity index (χ3v) is 7.23. The Balaban J connectivity index is 1.56. The van der Waals surface area contributed by atoms with Crippen LogP contribution in [0.5, 0.6) is 5.75 Å². The van der Waals surface area contributed by atoms with E-state index >= 15 is 0 Å². The lowest BCUT2D eigenvalue weighted by Crippen LogP contribution is -2.48. The first-order chi connectivity index (χ1) is 19.7. The molecule has 41 heavy (non-hydrogen) atoms. The molecule has 0 saturated carbocycles. The molecule has 1 aliphatic heterocycles. The number of aliphatic hydroxyl groups is 1. The monoisotopic (exact) mass is 558 g/mol. The summed E-state index contributed by atoms with van der Waals surface area (Å²) in [6.45, 7) is 4.23. The first-order valence-electron chi connectivity index (χ1n) is 13.8. The second-order valence-electron chi connectivity index (χ2n) is 10.6. The lowest BCUT2D eigenvalue weighted by atomic mass is 10.0. The van der Waals surface area contributed by atoms with Gasteiger partial charge in [-0.15, -0.1) is 0 Å². The summed E-state index contributed by atoms with van der Waals surface area (Å²) in [5, 5.41) is 15.7. The van der Waals surface area contributed by atoms with Crippen molar-refractivity contribution in [3.63, 3.8) is 0 Å². The van der Waals surface area contributed by atoms with Crippen molar-refractivity contribution in [2.75, 3.05) is 37.4 Å². The summed E-state index contributed by atoms with van der Waals surface area (Å²) in [5.74, 6) is 0.0501. The zero-order valence-electron chi connectivity index (χ0n) is 23.7. The topological polar surface area (TPSA) is 111 Å². The normalized spacial score (nSPS) is 17.7. The van der Waals surface area contributed by atoms with Gasteiger partial charge in [-0.1, -0.05) is 55.5 Å². The maximum atomic E-state index is 13.4. The highest BCUT2D eigenvalue weighted by Crippen LogP contribution is 2.29. The van der Waals surface area contributed by atoms with Gasteiger partial charge in [-0.3, -0.25) is 9.59 Å². The number of rotatable bonds is 8. The van der Waals surface area contributed by atoms with E-state index in [1.165, 1.54) is 0 Å². The Hall–Kier alpha value is -4.37. The van der Waals surface area contributed by atoms with Crippen LogP contribution in [0, 0.1) is 5.92 Å². The molecular weight excluding hydrogens is 520 g/mol. The number of aliphatic hydroxyl groups excluding tert-OH is 1. The number of carbonyl (C=O) groups is 3. The zero-order chi connectivity index (χ0) is 29.4. The number of amides is 4. The number of fused-ring (bicyclic) bond motifs is 1. The smallest absolute Gasteiger partial charge is 0.321 e. The minimum absolute atomic E-state index is 0.0475. The van der Waals surface area contributed by atoms with Crippen molar-refractivity contribution < 1.29 is 24.2 Å². The Morgan fingerprint density at radius 3 is 2.39 bits per heavy atom. The largest absolute Gasteiger partial charge is 0.488 e. The van der Waals surface area contributed by atoms with Crippen LogP contribution in [0.25, 0.3) is 0 Å². The molecule has 0 bridgehead atoms. The summed E-state index contributed by atoms with van der Waals surface area (Å²) in [6, 6.07) is 23.3. The van der Waals surface area contributed by atoms with E-state index in [0.717, 1.165) is 5.56 Å². The van der Waals surface area contributed by atoms with Crippen LogP contribution in [0.15, 0.2) is 78.9 Å². The van der Waals surface area contributed by atoms with Gasteiger partial charge in [0.15, 0.2) is 0 Å². The Kier molecular flexibility index (Phi) is 9.97. The summed E-state index contributed by atoms with van der Waals surface area (Å²) in [4.78, 5) is 42.3. The second-order valence-corrected chi connectivity index (χ2v) is 10.6. The number of anilines is 2. The minimum atomic E-state index is -0.446. The molecule has 9 heteroatoms. The first-order valence-corrected chi connectivity index (χ1v) is 13.8. The maximum Gasteiger partial charge on any atom is 0.321 e. The number of hydrogen-bond acceptors (Lipinski definition) is 5. The highest BCUT2D eigenvalue weighted by Gasteiger charge is 2.32. The van der Waals surface area contributed by atoms with Gasteiger partial charge in [0, 0.05) is 36.4 Å². The molecule has 4 amide bonds. The molecule has 1 heterocycles. The molecule has 3 atom stereocenters. The van der Waals surface area contributed by atoms with Crippen molar-refractivity contribution in [1.29, 1.82) is 0 Å². The number of nitrogens with zero attached hydrogens (tertiary/aromatic N) is 2. The molecule has 0 fully saturated rings. The number of likely N-dealkylation sites (N-methyl/N-ethyl adjacent to an activating group) is 1. The molecule has 1 aliphatic rings. The SMILES string of the molecule is C[C@@H]1CN([C@H](C)CO)C(=O)Cc2cc(NC(=O)Cc3ccccc3)ccc2O[C@@H]1CN(C)C(=O)Nc1ccccc1. The van der Waals surface area contributed by atoms with E-state index in [9.17, 15) is 19.5 Å². The van der Waals surface area contributed by atoms with Crippen molar-refractivity contribution in [3.05, 3.63) is 90.0 Å². The highest BCUT2D eigenvalue weighted by atomic mass is 16.5. The molecule has 9 nitrogen and oxygen atoms in total. The molecule has 4 rings (SSSR count).